The highest BCUT2D eigenvalue weighted by atomic mass is 19.1. The van der Waals surface area contributed by atoms with E-state index in [1.54, 1.807) is 0 Å². The number of carbonyl (C=O) groups is 1. The van der Waals surface area contributed by atoms with Crippen LogP contribution >= 0.6 is 0 Å². The van der Waals surface area contributed by atoms with Crippen molar-refractivity contribution in [2.45, 2.75) is 64.4 Å². The maximum absolute atomic E-state index is 14.0. The summed E-state index contributed by atoms with van der Waals surface area (Å²) in [5.74, 6) is 1.88. The van der Waals surface area contributed by atoms with Crippen molar-refractivity contribution in [3.63, 3.8) is 0 Å². The van der Waals surface area contributed by atoms with Gasteiger partial charge in [0.05, 0.1) is 5.60 Å². The Balaban J connectivity index is 1.18. The molecule has 5 aliphatic carbocycles. The lowest BCUT2D eigenvalue weighted by Gasteiger charge is -2.57. The third-order valence-corrected chi connectivity index (χ3v) is 10.1. The van der Waals surface area contributed by atoms with Crippen LogP contribution in [0.4, 0.5) is 8.78 Å². The molecule has 33 heavy (non-hydrogen) atoms. The lowest BCUT2D eigenvalue weighted by atomic mass is 9.48. The minimum Gasteiger partial charge on any atom is -0.483 e. The van der Waals surface area contributed by atoms with Gasteiger partial charge >= 0.3 is 0 Å². The molecule has 0 aliphatic heterocycles. The van der Waals surface area contributed by atoms with Crippen LogP contribution in [0.25, 0.3) is 0 Å². The van der Waals surface area contributed by atoms with E-state index >= 15 is 0 Å². The van der Waals surface area contributed by atoms with Crippen molar-refractivity contribution in [3.8, 4) is 5.75 Å². The fourth-order valence-electron chi connectivity index (χ4n) is 8.86. The summed E-state index contributed by atoms with van der Waals surface area (Å²) in [5.41, 5.74) is 0.931. The second-order valence-electron chi connectivity index (χ2n) is 12.1. The first-order valence-electron chi connectivity index (χ1n) is 12.7. The Hall–Kier alpha value is -1.75. The lowest BCUT2D eigenvalue weighted by molar-refractivity contribution is -0.135. The highest BCUT2D eigenvalue weighted by Gasteiger charge is 2.66. The van der Waals surface area contributed by atoms with Gasteiger partial charge in [-0.25, -0.2) is 8.78 Å². The number of carbonyl (C=O) groups excluding carboxylic acids is 1. The van der Waals surface area contributed by atoms with Crippen LogP contribution in [0.2, 0.25) is 0 Å². The van der Waals surface area contributed by atoms with E-state index in [1.165, 1.54) is 24.5 Å². The van der Waals surface area contributed by atoms with Crippen molar-refractivity contribution in [1.29, 1.82) is 0 Å². The molecule has 0 unspecified atom stereocenters. The van der Waals surface area contributed by atoms with Crippen LogP contribution in [-0.4, -0.2) is 23.1 Å². The summed E-state index contributed by atoms with van der Waals surface area (Å²) in [6.07, 6.45) is 9.88. The molecule has 3 nitrogen and oxygen atoms in total. The number of fused-ring (bicyclic) bond motifs is 7. The van der Waals surface area contributed by atoms with Gasteiger partial charge < -0.3 is 9.84 Å². The minimum atomic E-state index is -0.771. The molecular formula is C28H34F2O3. The van der Waals surface area contributed by atoms with E-state index in [9.17, 15) is 18.7 Å². The van der Waals surface area contributed by atoms with Crippen LogP contribution in [0, 0.1) is 58.5 Å². The zero-order valence-corrected chi connectivity index (χ0v) is 19.5. The molecule has 9 atom stereocenters. The Labute approximate surface area is 194 Å². The first-order valence-corrected chi connectivity index (χ1v) is 12.7. The number of ether oxygens (including phenoxy) is 1. The lowest BCUT2D eigenvalue weighted by Crippen LogP contribution is -2.51. The number of benzene rings is 1. The molecule has 4 fully saturated rings. The van der Waals surface area contributed by atoms with Gasteiger partial charge in [0.25, 0.3) is 0 Å². The number of Topliss-reactive ketones (excluding diaryl/α,β-unsaturated/α-hetero) is 1. The van der Waals surface area contributed by atoms with Gasteiger partial charge in [0, 0.05) is 17.9 Å². The highest BCUT2D eigenvalue weighted by Crippen LogP contribution is 2.71. The van der Waals surface area contributed by atoms with Crippen molar-refractivity contribution in [2.75, 3.05) is 6.61 Å². The topological polar surface area (TPSA) is 46.5 Å². The monoisotopic (exact) mass is 456 g/mol. The van der Waals surface area contributed by atoms with Gasteiger partial charge in [-0.1, -0.05) is 18.6 Å². The average molecular weight is 457 g/mol. The Morgan fingerprint density at radius 3 is 2.67 bits per heavy atom. The van der Waals surface area contributed by atoms with Crippen molar-refractivity contribution >= 4 is 5.78 Å². The van der Waals surface area contributed by atoms with E-state index in [0.717, 1.165) is 44.2 Å². The average Bonchev–Trinajstić information content (AvgIpc) is 3.45. The quantitative estimate of drug-likeness (QED) is 0.591. The van der Waals surface area contributed by atoms with E-state index in [0.29, 0.717) is 29.6 Å². The summed E-state index contributed by atoms with van der Waals surface area (Å²) in [5, 5.41) is 10.6. The van der Waals surface area contributed by atoms with Gasteiger partial charge in [0.2, 0.25) is 0 Å². The standard InChI is InChI=1S/C28H34F2O3/c1-27(32)9-7-17-15(13-27)3-5-19-18(17)8-10-28(2)25(19)20-12-21(20)26(28)23(31)14-33-24-6-4-16(29)11-22(24)30/h4,6,11-12,15,17-19,21,25-26,32H,3,5,7-10,13-14H2,1-2H3/t15-,17+,18-,19-,21+,25-,26-,27-,28+/m1/s1. The number of ketones is 1. The van der Waals surface area contributed by atoms with E-state index in [1.807, 2.05) is 6.92 Å². The summed E-state index contributed by atoms with van der Waals surface area (Å²) in [7, 11) is 0. The summed E-state index contributed by atoms with van der Waals surface area (Å²) < 4.78 is 32.7. The molecule has 0 radical (unpaired) electrons. The van der Waals surface area contributed by atoms with Crippen LogP contribution in [0.5, 0.6) is 5.75 Å². The molecule has 1 aromatic rings. The summed E-state index contributed by atoms with van der Waals surface area (Å²) >= 11 is 0. The molecule has 1 aromatic carbocycles. The minimum absolute atomic E-state index is 0.0424. The number of hydrogen-bond acceptors (Lipinski definition) is 3. The SMILES string of the molecule is C[C@@]1(O)CC[C@H]2[C@H](CC[C@@H]3[C@@H]2CC[C@@]2(C)[C@H]3C3=C[C@@H]3[C@@H]2C(=O)COc2ccc(F)cc2F)C1. The molecule has 0 heterocycles. The zero-order valence-electron chi connectivity index (χ0n) is 19.5. The fourth-order valence-corrected chi connectivity index (χ4v) is 8.86. The van der Waals surface area contributed by atoms with Gasteiger partial charge in [-0.3, -0.25) is 4.79 Å². The molecule has 4 saturated carbocycles. The first kappa shape index (κ1) is 21.8. The second kappa shape index (κ2) is 7.37. The maximum Gasteiger partial charge on any atom is 0.174 e. The predicted octanol–water partition coefficient (Wildman–Crippen LogP) is 5.71. The van der Waals surface area contributed by atoms with Crippen LogP contribution in [0.3, 0.4) is 0 Å². The number of halogens is 2. The van der Waals surface area contributed by atoms with Crippen LogP contribution in [0.15, 0.2) is 29.8 Å². The van der Waals surface area contributed by atoms with Crippen LogP contribution < -0.4 is 4.74 Å². The molecule has 178 valence electrons. The van der Waals surface area contributed by atoms with Crippen LogP contribution in [0.1, 0.15) is 58.8 Å². The largest absolute Gasteiger partial charge is 0.483 e. The Bertz CT molecular complexity index is 1020. The summed E-state index contributed by atoms with van der Waals surface area (Å²) in [6, 6.07) is 3.19. The number of hydrogen-bond donors (Lipinski definition) is 1. The first-order chi connectivity index (χ1) is 15.7. The van der Waals surface area contributed by atoms with Crippen LogP contribution in [-0.2, 0) is 4.79 Å². The number of aliphatic hydroxyl groups is 1. The number of allylic oxidation sites excluding steroid dienone is 2. The Morgan fingerprint density at radius 1 is 1.09 bits per heavy atom. The fraction of sp³-hybridized carbons (Fsp3) is 0.679. The smallest absolute Gasteiger partial charge is 0.174 e. The summed E-state index contributed by atoms with van der Waals surface area (Å²) in [6.45, 7) is 4.14. The molecule has 1 N–H and O–H groups in total. The van der Waals surface area contributed by atoms with Crippen molar-refractivity contribution in [3.05, 3.63) is 41.5 Å². The Kier molecular flexibility index (Phi) is 4.86. The predicted molar refractivity (Wildman–Crippen MR) is 120 cm³/mol. The third kappa shape index (κ3) is 3.40. The molecule has 0 saturated heterocycles. The van der Waals surface area contributed by atoms with E-state index in [-0.39, 0.29) is 35.4 Å². The van der Waals surface area contributed by atoms with Gasteiger partial charge in [-0.15, -0.1) is 0 Å². The molecular weight excluding hydrogens is 422 g/mol. The van der Waals surface area contributed by atoms with Gasteiger partial charge in [0.15, 0.2) is 17.3 Å². The third-order valence-electron chi connectivity index (χ3n) is 10.1. The van der Waals surface area contributed by atoms with Gasteiger partial charge in [-0.2, -0.15) is 0 Å². The Morgan fingerprint density at radius 2 is 1.88 bits per heavy atom. The van der Waals surface area contributed by atoms with Crippen molar-refractivity contribution in [2.24, 2.45) is 46.8 Å². The van der Waals surface area contributed by atoms with E-state index in [4.69, 9.17) is 4.74 Å². The molecule has 5 heteroatoms. The second-order valence-corrected chi connectivity index (χ2v) is 12.1. The maximum atomic E-state index is 14.0. The zero-order chi connectivity index (χ0) is 23.1. The molecule has 5 aliphatic rings. The number of rotatable bonds is 4. The van der Waals surface area contributed by atoms with Gasteiger partial charge in [-0.05, 0) is 99.0 Å². The molecule has 0 spiro atoms. The van der Waals surface area contributed by atoms with Crippen molar-refractivity contribution < 1.29 is 23.4 Å². The molecule has 0 bridgehead atoms. The van der Waals surface area contributed by atoms with Gasteiger partial charge in [0.1, 0.15) is 12.4 Å². The van der Waals surface area contributed by atoms with E-state index in [2.05, 4.69) is 13.0 Å². The summed E-state index contributed by atoms with van der Waals surface area (Å²) in [4.78, 5) is 13.4. The molecule has 6 rings (SSSR count). The van der Waals surface area contributed by atoms with Crippen molar-refractivity contribution in [1.82, 2.24) is 0 Å². The highest BCUT2D eigenvalue weighted by molar-refractivity contribution is 5.86. The van der Waals surface area contributed by atoms with E-state index < -0.39 is 17.2 Å². The molecule has 0 aromatic heterocycles. The molecule has 0 amide bonds. The normalized spacial score (nSPS) is 45.2.